The predicted octanol–water partition coefficient (Wildman–Crippen LogP) is 19.0. The van der Waals surface area contributed by atoms with Crippen molar-refractivity contribution in [2.24, 2.45) is 0 Å². The van der Waals surface area contributed by atoms with E-state index in [2.05, 4.69) is 77.3 Å². The van der Waals surface area contributed by atoms with E-state index in [0.29, 0.717) is 0 Å². The van der Waals surface area contributed by atoms with Crippen LogP contribution in [0.2, 0.25) is 0 Å². The zero-order chi connectivity index (χ0) is 45.6. The van der Waals surface area contributed by atoms with E-state index in [0.717, 1.165) is 87.0 Å². The Morgan fingerprint density at radius 2 is 0.698 bits per heavy atom. The van der Waals surface area contributed by atoms with E-state index in [1.807, 2.05) is 12.2 Å². The van der Waals surface area contributed by atoms with E-state index in [9.17, 15) is 0 Å². The van der Waals surface area contributed by atoms with E-state index in [4.69, 9.17) is 14.2 Å². The molecule has 0 aliphatic rings. The quantitative estimate of drug-likeness (QED) is 0.0371. The number of ether oxygens (including phenoxy) is 3. The molecule has 0 aliphatic carbocycles. The molecular formula is C59H106NO3+. The Morgan fingerprint density at radius 3 is 1.02 bits per heavy atom. The number of benzene rings is 1. The zero-order valence-electron chi connectivity index (χ0n) is 42.7. The van der Waals surface area contributed by atoms with Crippen LogP contribution < -0.4 is 14.2 Å². The van der Waals surface area contributed by atoms with Gasteiger partial charge in [0.1, 0.15) is 6.54 Å². The van der Waals surface area contributed by atoms with Crippen molar-refractivity contribution in [3.05, 3.63) is 67.3 Å². The van der Waals surface area contributed by atoms with Crippen LogP contribution in [-0.4, -0.2) is 43.9 Å². The summed E-state index contributed by atoms with van der Waals surface area (Å²) < 4.78 is 21.2. The van der Waals surface area contributed by atoms with Gasteiger partial charge in [0.25, 0.3) is 0 Å². The van der Waals surface area contributed by atoms with Crippen LogP contribution in [0.5, 0.6) is 17.2 Å². The lowest BCUT2D eigenvalue weighted by atomic mass is 10.1. The molecule has 63 heavy (non-hydrogen) atoms. The fourth-order valence-corrected chi connectivity index (χ4v) is 8.90. The van der Waals surface area contributed by atoms with Crippen LogP contribution in [-0.2, 0) is 6.54 Å². The highest BCUT2D eigenvalue weighted by Gasteiger charge is 2.24. The fraction of sp³-hybridized carbons (Fsp3) is 0.763. The van der Waals surface area contributed by atoms with Crippen molar-refractivity contribution in [2.75, 3.05) is 39.5 Å². The lowest BCUT2D eigenvalue weighted by Crippen LogP contribution is -2.46. The van der Waals surface area contributed by atoms with Crippen LogP contribution in [0.25, 0.3) is 0 Å². The highest BCUT2D eigenvalue weighted by Crippen LogP contribution is 2.40. The molecule has 0 amide bonds. The number of allylic oxidation sites excluding steroid dienone is 6. The zero-order valence-corrected chi connectivity index (χ0v) is 42.7. The summed E-state index contributed by atoms with van der Waals surface area (Å²) in [5, 5.41) is 0. The number of rotatable bonds is 49. The Kier molecular flexibility index (Phi) is 41.6. The molecule has 0 aromatic heterocycles. The third-order valence-electron chi connectivity index (χ3n) is 13.4. The van der Waals surface area contributed by atoms with Crippen LogP contribution in [0.15, 0.2) is 61.7 Å². The minimum absolute atomic E-state index is 0.723. The monoisotopic (exact) mass is 877 g/mol. The molecule has 4 nitrogen and oxygen atoms in total. The molecule has 0 N–H and O–H groups in total. The number of hydrogen-bond donors (Lipinski definition) is 0. The van der Waals surface area contributed by atoms with Gasteiger partial charge in [-0.2, -0.15) is 0 Å². The smallest absolute Gasteiger partial charge is 0.203 e. The summed E-state index contributed by atoms with van der Waals surface area (Å²) >= 11 is 0. The van der Waals surface area contributed by atoms with E-state index in [1.54, 1.807) is 0 Å². The van der Waals surface area contributed by atoms with Gasteiger partial charge in [-0.3, -0.25) is 0 Å². The molecule has 1 aromatic rings. The van der Waals surface area contributed by atoms with Crippen molar-refractivity contribution in [1.29, 1.82) is 0 Å². The summed E-state index contributed by atoms with van der Waals surface area (Å²) in [5.74, 6) is 2.64. The standard InChI is InChI=1S/C59H106NO3/c1-7-13-16-19-22-25-28-31-33-36-38-41-44-47-50-61-57-53-56(55-60(10-4,11-5)12-6)54-58(59(57)63-52-49-46-43-40-35-30-27-24-21-18-15-9-3)62-51-48-45-42-39-37-34-32-29-26-23-20-17-14-8-2/h7-8,13-14,16-17,53-54H,1-2,9-12,15,18-52,55H2,3-6H3/q+1/b16-13+,17-14+. The minimum Gasteiger partial charge on any atom is -0.490 e. The lowest BCUT2D eigenvalue weighted by Gasteiger charge is -2.36. The largest absolute Gasteiger partial charge is 0.490 e. The van der Waals surface area contributed by atoms with Gasteiger partial charge in [-0.1, -0.05) is 230 Å². The number of unbranched alkanes of at least 4 members (excludes halogenated alkanes) is 31. The lowest BCUT2D eigenvalue weighted by molar-refractivity contribution is -0.936. The molecular weight excluding hydrogens is 771 g/mol. The Hall–Kier alpha value is -2.46. The van der Waals surface area contributed by atoms with Crippen LogP contribution >= 0.6 is 0 Å². The average molecular weight is 878 g/mol. The minimum atomic E-state index is 0.723. The Balaban J connectivity index is 2.78. The average Bonchev–Trinajstić information content (AvgIpc) is 3.30. The van der Waals surface area contributed by atoms with Crippen LogP contribution in [0.4, 0.5) is 0 Å². The van der Waals surface area contributed by atoms with E-state index in [1.165, 1.54) is 205 Å². The third-order valence-corrected chi connectivity index (χ3v) is 13.4. The van der Waals surface area contributed by atoms with Gasteiger partial charge in [0.05, 0.1) is 39.5 Å². The molecule has 1 aromatic carbocycles. The predicted molar refractivity (Wildman–Crippen MR) is 280 cm³/mol. The van der Waals surface area contributed by atoms with Gasteiger partial charge in [0.2, 0.25) is 5.75 Å². The maximum atomic E-state index is 6.70. The van der Waals surface area contributed by atoms with Crippen molar-refractivity contribution < 1.29 is 18.7 Å². The van der Waals surface area contributed by atoms with Crippen molar-refractivity contribution >= 4 is 0 Å². The summed E-state index contributed by atoms with van der Waals surface area (Å²) in [6, 6.07) is 4.60. The van der Waals surface area contributed by atoms with Crippen molar-refractivity contribution in [3.63, 3.8) is 0 Å². The molecule has 0 saturated carbocycles. The van der Waals surface area contributed by atoms with E-state index >= 15 is 0 Å². The molecule has 0 atom stereocenters. The topological polar surface area (TPSA) is 27.7 Å². The normalized spacial score (nSPS) is 11.9. The molecule has 1 rings (SSSR count). The van der Waals surface area contributed by atoms with Crippen LogP contribution in [0.1, 0.15) is 252 Å². The second-order valence-corrected chi connectivity index (χ2v) is 18.8. The van der Waals surface area contributed by atoms with E-state index in [-0.39, 0.29) is 0 Å². The Morgan fingerprint density at radius 1 is 0.397 bits per heavy atom. The van der Waals surface area contributed by atoms with E-state index < -0.39 is 0 Å². The first-order chi connectivity index (χ1) is 31.1. The molecule has 0 spiro atoms. The second-order valence-electron chi connectivity index (χ2n) is 18.8. The van der Waals surface area contributed by atoms with Gasteiger partial charge < -0.3 is 18.7 Å². The second kappa shape index (κ2) is 44.7. The van der Waals surface area contributed by atoms with Gasteiger partial charge in [0, 0.05) is 5.56 Å². The summed E-state index contributed by atoms with van der Waals surface area (Å²) in [6.45, 7) is 23.4. The van der Waals surface area contributed by atoms with Crippen LogP contribution in [0.3, 0.4) is 0 Å². The molecule has 0 radical (unpaired) electrons. The maximum absolute atomic E-state index is 6.70. The number of nitrogens with zero attached hydrogens (tertiary/aromatic N) is 1. The highest BCUT2D eigenvalue weighted by atomic mass is 16.5. The summed E-state index contributed by atoms with van der Waals surface area (Å²) in [5.41, 5.74) is 1.31. The molecule has 0 unspecified atom stereocenters. The van der Waals surface area contributed by atoms with Crippen LogP contribution in [0, 0.1) is 0 Å². The van der Waals surface area contributed by atoms with Crippen molar-refractivity contribution in [2.45, 2.75) is 253 Å². The molecule has 364 valence electrons. The SMILES string of the molecule is C=C/C=C/CCCCCCCCCCCCOc1cc(C[N+](CC)(CC)CC)cc(OCCCCCCCCCCCC/C=C/C=C)c1OCCCCCCCCCCCCCC. The first-order valence-corrected chi connectivity index (χ1v) is 27.5. The Bertz CT molecular complexity index is 1140. The first-order valence-electron chi connectivity index (χ1n) is 27.5. The molecule has 0 heterocycles. The fourth-order valence-electron chi connectivity index (χ4n) is 8.90. The third kappa shape index (κ3) is 33.6. The number of hydrogen-bond acceptors (Lipinski definition) is 3. The van der Waals surface area contributed by atoms with Crippen molar-refractivity contribution in [1.82, 2.24) is 0 Å². The molecule has 0 bridgehead atoms. The van der Waals surface area contributed by atoms with Gasteiger partial charge in [-0.05, 0) is 77.8 Å². The number of quaternary nitrogens is 1. The summed E-state index contributed by atoms with van der Waals surface area (Å²) in [4.78, 5) is 0. The molecule has 0 saturated heterocycles. The maximum Gasteiger partial charge on any atom is 0.203 e. The summed E-state index contributed by atoms with van der Waals surface area (Å²) in [6.07, 6.45) is 57.0. The van der Waals surface area contributed by atoms with Gasteiger partial charge in [-0.15, -0.1) is 0 Å². The highest BCUT2D eigenvalue weighted by molar-refractivity contribution is 5.54. The summed E-state index contributed by atoms with van der Waals surface area (Å²) in [7, 11) is 0. The van der Waals surface area contributed by atoms with Crippen molar-refractivity contribution in [3.8, 4) is 17.2 Å². The van der Waals surface area contributed by atoms with Gasteiger partial charge in [-0.25, -0.2) is 0 Å². The van der Waals surface area contributed by atoms with Gasteiger partial charge in [0.15, 0.2) is 11.5 Å². The molecule has 0 fully saturated rings. The first kappa shape index (κ1) is 58.6. The Labute approximate surface area is 393 Å². The van der Waals surface area contributed by atoms with Gasteiger partial charge >= 0.3 is 0 Å². The molecule has 4 heteroatoms. The molecule has 0 aliphatic heterocycles.